The number of amides is 1. The van der Waals surface area contributed by atoms with Crippen molar-refractivity contribution in [1.29, 1.82) is 5.26 Å². The van der Waals surface area contributed by atoms with Gasteiger partial charge in [-0.3, -0.25) is 14.4 Å². The molecule has 2 heterocycles. The molecule has 0 unspecified atom stereocenters. The first-order valence-corrected chi connectivity index (χ1v) is 11.2. The van der Waals surface area contributed by atoms with Crippen LogP contribution in [0, 0.1) is 18.3 Å². The highest BCUT2D eigenvalue weighted by Crippen LogP contribution is 2.36. The van der Waals surface area contributed by atoms with Crippen molar-refractivity contribution in [2.24, 2.45) is 0 Å². The van der Waals surface area contributed by atoms with Crippen LogP contribution in [0.5, 0.6) is 0 Å². The Morgan fingerprint density at radius 2 is 1.93 bits per heavy atom. The zero-order chi connectivity index (χ0) is 20.8. The van der Waals surface area contributed by atoms with Crippen molar-refractivity contribution >= 4 is 45.3 Å². The number of nitrogens with one attached hydrogen (secondary N) is 1. The van der Waals surface area contributed by atoms with Gasteiger partial charge in [0.1, 0.15) is 11.1 Å². The van der Waals surface area contributed by atoms with Crippen molar-refractivity contribution in [2.45, 2.75) is 51.9 Å². The molecule has 0 atom stereocenters. The van der Waals surface area contributed by atoms with Crippen LogP contribution in [0.15, 0.2) is 12.1 Å². The lowest BCUT2D eigenvalue weighted by molar-refractivity contribution is -0.147. The quantitative estimate of drug-likeness (QED) is 0.399. The van der Waals surface area contributed by atoms with Crippen molar-refractivity contribution < 1.29 is 19.1 Å². The van der Waals surface area contributed by atoms with Crippen LogP contribution in [-0.4, -0.2) is 24.3 Å². The van der Waals surface area contributed by atoms with Gasteiger partial charge >= 0.3 is 5.97 Å². The number of aryl methyl sites for hydroxylation is 2. The number of nitriles is 1. The summed E-state index contributed by atoms with van der Waals surface area (Å²) in [5.74, 6) is -1.18. The van der Waals surface area contributed by atoms with Gasteiger partial charge in [-0.2, -0.15) is 5.26 Å². The zero-order valence-corrected chi connectivity index (χ0v) is 17.8. The predicted octanol–water partition coefficient (Wildman–Crippen LogP) is 4.40. The molecule has 1 aliphatic rings. The number of ether oxygens (including phenoxy) is 1. The summed E-state index contributed by atoms with van der Waals surface area (Å²) in [6.45, 7) is 1.48. The maximum atomic E-state index is 12.2. The molecule has 0 aromatic carbocycles. The molecule has 0 bridgehead atoms. The minimum absolute atomic E-state index is 0.0522. The molecule has 2 aromatic rings. The molecule has 1 amide bonds. The van der Waals surface area contributed by atoms with Crippen LogP contribution < -0.4 is 5.32 Å². The SMILES string of the molecule is Cc1ccc(C(=O)CCC(=O)OCC(=O)Nc2sc3c(c2C#N)CCCCC3)s1. The molecule has 152 valence electrons. The lowest BCUT2D eigenvalue weighted by Crippen LogP contribution is -2.21. The van der Waals surface area contributed by atoms with E-state index in [1.165, 1.54) is 22.7 Å². The number of hydrogen-bond acceptors (Lipinski definition) is 7. The number of rotatable bonds is 7. The Morgan fingerprint density at radius 1 is 1.14 bits per heavy atom. The van der Waals surface area contributed by atoms with Crippen molar-refractivity contribution in [2.75, 3.05) is 11.9 Å². The summed E-state index contributed by atoms with van der Waals surface area (Å²) in [5, 5.41) is 12.7. The van der Waals surface area contributed by atoms with Gasteiger partial charge in [0, 0.05) is 16.2 Å². The van der Waals surface area contributed by atoms with E-state index in [-0.39, 0.29) is 18.6 Å². The third-order valence-corrected chi connectivity index (χ3v) is 6.97. The normalized spacial score (nSPS) is 13.1. The summed E-state index contributed by atoms with van der Waals surface area (Å²) in [4.78, 5) is 38.9. The average Bonchev–Trinajstić information content (AvgIpc) is 3.20. The molecule has 29 heavy (non-hydrogen) atoms. The third kappa shape index (κ3) is 5.52. The number of hydrogen-bond donors (Lipinski definition) is 1. The van der Waals surface area contributed by atoms with Gasteiger partial charge in [-0.15, -0.1) is 22.7 Å². The molecule has 2 aromatic heterocycles. The molecule has 0 radical (unpaired) electrons. The number of Topliss-reactive ketones (excluding diaryl/α,β-unsaturated/α-hetero) is 1. The first-order chi connectivity index (χ1) is 14.0. The molecule has 6 nitrogen and oxygen atoms in total. The highest BCUT2D eigenvalue weighted by atomic mass is 32.1. The predicted molar refractivity (Wildman–Crippen MR) is 113 cm³/mol. The Morgan fingerprint density at radius 3 is 2.66 bits per heavy atom. The Bertz CT molecular complexity index is 968. The number of carbonyl (C=O) groups excluding carboxylic acids is 3. The first kappa shape index (κ1) is 21.2. The molecule has 3 rings (SSSR count). The maximum Gasteiger partial charge on any atom is 0.306 e. The summed E-state index contributed by atoms with van der Waals surface area (Å²) < 4.78 is 4.98. The standard InChI is InChI=1S/C21H22N2O4S2/c1-13-7-9-18(28-13)16(24)8-10-20(26)27-12-19(25)23-21-15(11-22)14-5-3-2-4-6-17(14)29-21/h7,9H,2-6,8,10,12H2,1H3,(H,23,25). The Balaban J connectivity index is 1.48. The second kappa shape index (κ2) is 9.81. The van der Waals surface area contributed by atoms with E-state index in [9.17, 15) is 19.6 Å². The van der Waals surface area contributed by atoms with Gasteiger partial charge in [-0.05, 0) is 50.3 Å². The number of fused-ring (bicyclic) bond motifs is 1. The Labute approximate surface area is 177 Å². The highest BCUT2D eigenvalue weighted by Gasteiger charge is 2.21. The zero-order valence-electron chi connectivity index (χ0n) is 16.2. The molecule has 0 fully saturated rings. The van der Waals surface area contributed by atoms with Crippen molar-refractivity contribution in [3.05, 3.63) is 37.9 Å². The minimum Gasteiger partial charge on any atom is -0.456 e. The fraction of sp³-hybridized carbons (Fsp3) is 0.429. The molecule has 1 N–H and O–H groups in total. The Kier molecular flexibility index (Phi) is 7.18. The molecule has 0 spiro atoms. The van der Waals surface area contributed by atoms with E-state index in [0.29, 0.717) is 15.4 Å². The van der Waals surface area contributed by atoms with Crippen molar-refractivity contribution in [3.8, 4) is 6.07 Å². The molecular weight excluding hydrogens is 408 g/mol. The van der Waals surface area contributed by atoms with E-state index in [1.54, 1.807) is 6.07 Å². The second-order valence-corrected chi connectivity index (χ2v) is 9.32. The second-order valence-electron chi connectivity index (χ2n) is 6.92. The topological polar surface area (TPSA) is 96.3 Å². The van der Waals surface area contributed by atoms with Crippen molar-refractivity contribution in [1.82, 2.24) is 0 Å². The van der Waals surface area contributed by atoms with Gasteiger partial charge in [0.2, 0.25) is 0 Å². The lowest BCUT2D eigenvalue weighted by atomic mass is 10.1. The van der Waals surface area contributed by atoms with Crippen molar-refractivity contribution in [3.63, 3.8) is 0 Å². The monoisotopic (exact) mass is 430 g/mol. The maximum absolute atomic E-state index is 12.2. The minimum atomic E-state index is -0.593. The summed E-state index contributed by atoms with van der Waals surface area (Å²) in [6, 6.07) is 5.81. The van der Waals surface area contributed by atoms with Crippen LogP contribution in [-0.2, 0) is 27.2 Å². The Hall–Kier alpha value is -2.50. The van der Waals surface area contributed by atoms with Crippen LogP contribution in [0.1, 0.15) is 62.7 Å². The first-order valence-electron chi connectivity index (χ1n) is 9.57. The molecule has 8 heteroatoms. The molecule has 0 saturated carbocycles. The number of anilines is 1. The smallest absolute Gasteiger partial charge is 0.306 e. The largest absolute Gasteiger partial charge is 0.456 e. The highest BCUT2D eigenvalue weighted by molar-refractivity contribution is 7.16. The van der Waals surface area contributed by atoms with Gasteiger partial charge in [-0.25, -0.2) is 0 Å². The van der Waals surface area contributed by atoms with Crippen LogP contribution >= 0.6 is 22.7 Å². The molecule has 0 aliphatic heterocycles. The van der Waals surface area contributed by atoms with Gasteiger partial charge in [-0.1, -0.05) is 6.42 Å². The van der Waals surface area contributed by atoms with E-state index < -0.39 is 18.5 Å². The average molecular weight is 431 g/mol. The lowest BCUT2D eigenvalue weighted by Gasteiger charge is -2.06. The number of nitrogens with zero attached hydrogens (tertiary/aromatic N) is 1. The van der Waals surface area contributed by atoms with Gasteiger partial charge < -0.3 is 10.1 Å². The third-order valence-electron chi connectivity index (χ3n) is 4.72. The van der Waals surface area contributed by atoms with Gasteiger partial charge in [0.05, 0.1) is 16.9 Å². The van der Waals surface area contributed by atoms with Crippen LogP contribution in [0.25, 0.3) is 0 Å². The van der Waals surface area contributed by atoms with Crippen LogP contribution in [0.3, 0.4) is 0 Å². The van der Waals surface area contributed by atoms with E-state index in [2.05, 4.69) is 11.4 Å². The summed E-state index contributed by atoms with van der Waals surface area (Å²) in [7, 11) is 0. The van der Waals surface area contributed by atoms with Crippen LogP contribution in [0.2, 0.25) is 0 Å². The van der Waals surface area contributed by atoms with E-state index in [1.807, 2.05) is 13.0 Å². The van der Waals surface area contributed by atoms with Gasteiger partial charge in [0.15, 0.2) is 12.4 Å². The van der Waals surface area contributed by atoms with Gasteiger partial charge in [0.25, 0.3) is 5.91 Å². The molecule has 1 aliphatic carbocycles. The summed E-state index contributed by atoms with van der Waals surface area (Å²) >= 11 is 2.83. The number of ketones is 1. The number of esters is 1. The van der Waals surface area contributed by atoms with Crippen LogP contribution in [0.4, 0.5) is 5.00 Å². The molecule has 0 saturated heterocycles. The summed E-state index contributed by atoms with van der Waals surface area (Å²) in [6.07, 6.45) is 5.06. The van der Waals surface area contributed by atoms with E-state index in [0.717, 1.165) is 47.4 Å². The number of thiophene rings is 2. The summed E-state index contributed by atoms with van der Waals surface area (Å²) in [5.41, 5.74) is 1.58. The van der Waals surface area contributed by atoms with E-state index >= 15 is 0 Å². The molecular formula is C21H22N2O4S2. The fourth-order valence-corrected chi connectivity index (χ4v) is 5.34. The van der Waals surface area contributed by atoms with E-state index in [4.69, 9.17) is 4.74 Å². The fourth-order valence-electron chi connectivity index (χ4n) is 3.25. The number of carbonyl (C=O) groups is 3.